The molecule has 1 aromatic carbocycles. The van der Waals surface area contributed by atoms with E-state index in [0.717, 1.165) is 12.8 Å². The second kappa shape index (κ2) is 17.4. The summed E-state index contributed by atoms with van der Waals surface area (Å²) in [7, 11) is 1.51. The number of amides is 3. The van der Waals surface area contributed by atoms with Gasteiger partial charge in [-0.2, -0.15) is 0 Å². The van der Waals surface area contributed by atoms with Gasteiger partial charge in [0.05, 0.1) is 43.2 Å². The number of allylic oxidation sites excluding steroid dienone is 1. The maximum atomic E-state index is 14.7. The van der Waals surface area contributed by atoms with Crippen LogP contribution in [0.1, 0.15) is 77.4 Å². The van der Waals surface area contributed by atoms with Gasteiger partial charge in [-0.3, -0.25) is 19.2 Å². The van der Waals surface area contributed by atoms with Crippen LogP contribution in [0.3, 0.4) is 0 Å². The highest BCUT2D eigenvalue weighted by Gasteiger charge is 2.75. The van der Waals surface area contributed by atoms with E-state index in [9.17, 15) is 24.3 Å². The Balaban J connectivity index is 1.73. The SMILES string of the molecule is C=CCCC(=O)N[C@@H](COC)[C@@H](OC(=O)[C@@H]1[C@@H]2CC[C@]3(O2)[C@H](C(=O)N(CC=C)CCCC)N([C@@H](CO)CC(C)C)C(=O)[C@@H]13)c1ccccc1. The van der Waals surface area contributed by atoms with E-state index < -0.39 is 53.7 Å². The molecule has 3 saturated heterocycles. The van der Waals surface area contributed by atoms with E-state index in [1.165, 1.54) is 12.0 Å². The third kappa shape index (κ3) is 8.10. The molecule has 3 fully saturated rings. The minimum absolute atomic E-state index is 0.0677. The lowest BCUT2D eigenvalue weighted by atomic mass is 9.70. The van der Waals surface area contributed by atoms with Crippen molar-refractivity contribution in [2.75, 3.05) is 33.4 Å². The highest BCUT2D eigenvalue weighted by molar-refractivity contribution is 5.98. The monoisotopic (exact) mass is 681 g/mol. The van der Waals surface area contributed by atoms with Gasteiger partial charge in [0.15, 0.2) is 0 Å². The maximum absolute atomic E-state index is 14.7. The lowest BCUT2D eigenvalue weighted by Gasteiger charge is -2.39. The fourth-order valence-electron chi connectivity index (χ4n) is 7.95. The van der Waals surface area contributed by atoms with Gasteiger partial charge in [0.25, 0.3) is 0 Å². The van der Waals surface area contributed by atoms with E-state index in [1.807, 2.05) is 51.1 Å². The van der Waals surface area contributed by atoms with Gasteiger partial charge in [-0.25, -0.2) is 0 Å². The molecule has 0 unspecified atom stereocenters. The van der Waals surface area contributed by atoms with Gasteiger partial charge < -0.3 is 34.4 Å². The van der Waals surface area contributed by atoms with Gasteiger partial charge in [-0.1, -0.05) is 69.7 Å². The first-order valence-corrected chi connectivity index (χ1v) is 17.7. The highest BCUT2D eigenvalue weighted by Crippen LogP contribution is 2.59. The summed E-state index contributed by atoms with van der Waals surface area (Å²) in [5.41, 5.74) is -0.590. The Morgan fingerprint density at radius 1 is 1.20 bits per heavy atom. The minimum atomic E-state index is -1.24. The molecule has 8 atom stereocenters. The number of nitrogens with zero attached hydrogens (tertiary/aromatic N) is 2. The van der Waals surface area contributed by atoms with Crippen LogP contribution in [0.4, 0.5) is 0 Å². The lowest BCUT2D eigenvalue weighted by molar-refractivity contribution is -0.163. The van der Waals surface area contributed by atoms with Gasteiger partial charge in [0, 0.05) is 26.6 Å². The van der Waals surface area contributed by atoms with E-state index in [4.69, 9.17) is 14.2 Å². The number of esters is 1. The molecule has 3 heterocycles. The lowest BCUT2D eigenvalue weighted by Crippen LogP contribution is -2.59. The fourth-order valence-corrected chi connectivity index (χ4v) is 7.95. The Kier molecular flexibility index (Phi) is 13.6. The first-order chi connectivity index (χ1) is 23.6. The molecule has 1 spiro atoms. The van der Waals surface area contributed by atoms with Crippen molar-refractivity contribution < 1.29 is 38.5 Å². The molecule has 4 rings (SSSR count). The predicted molar refractivity (Wildman–Crippen MR) is 185 cm³/mol. The number of rotatable bonds is 20. The smallest absolute Gasteiger partial charge is 0.313 e. The van der Waals surface area contributed by atoms with E-state index in [-0.39, 0.29) is 43.3 Å². The molecular weight excluding hydrogens is 626 g/mol. The van der Waals surface area contributed by atoms with E-state index in [0.29, 0.717) is 44.3 Å². The number of likely N-dealkylation sites (tertiary alicyclic amines) is 1. The number of carbonyl (C=O) groups excluding carboxylic acids is 4. The van der Waals surface area contributed by atoms with Gasteiger partial charge >= 0.3 is 5.97 Å². The molecule has 3 amide bonds. The average Bonchev–Trinajstić information content (AvgIpc) is 3.74. The number of carbonyl (C=O) groups is 4. The number of unbranched alkanes of at least 4 members (excludes halogenated alkanes) is 1. The summed E-state index contributed by atoms with van der Waals surface area (Å²) in [6.07, 6.45) is 5.51. The van der Waals surface area contributed by atoms with Crippen molar-refractivity contribution >= 4 is 23.7 Å². The molecule has 11 heteroatoms. The number of nitrogens with one attached hydrogen (secondary N) is 1. The molecule has 0 saturated carbocycles. The number of fused-ring (bicyclic) bond motifs is 1. The fraction of sp³-hybridized carbons (Fsp3) is 0.632. The molecule has 2 N–H and O–H groups in total. The molecule has 3 aliphatic heterocycles. The van der Waals surface area contributed by atoms with Crippen LogP contribution in [0.2, 0.25) is 0 Å². The Labute approximate surface area is 291 Å². The largest absolute Gasteiger partial charge is 0.455 e. The molecule has 0 radical (unpaired) electrons. The van der Waals surface area contributed by atoms with Gasteiger partial charge in [-0.05, 0) is 43.6 Å². The van der Waals surface area contributed by atoms with Crippen molar-refractivity contribution in [1.82, 2.24) is 15.1 Å². The van der Waals surface area contributed by atoms with Crippen LogP contribution < -0.4 is 5.32 Å². The summed E-state index contributed by atoms with van der Waals surface area (Å²) in [5.74, 6) is -3.32. The molecule has 49 heavy (non-hydrogen) atoms. The third-order valence-corrected chi connectivity index (χ3v) is 10.0. The molecule has 0 aliphatic carbocycles. The number of hydrogen-bond donors (Lipinski definition) is 2. The van der Waals surface area contributed by atoms with E-state index in [1.54, 1.807) is 17.1 Å². The minimum Gasteiger partial charge on any atom is -0.455 e. The van der Waals surface area contributed by atoms with E-state index >= 15 is 0 Å². The summed E-state index contributed by atoms with van der Waals surface area (Å²) in [5, 5.41) is 13.6. The van der Waals surface area contributed by atoms with Crippen LogP contribution in [0.5, 0.6) is 0 Å². The van der Waals surface area contributed by atoms with Gasteiger partial charge in [0.2, 0.25) is 17.7 Å². The summed E-state index contributed by atoms with van der Waals surface area (Å²) >= 11 is 0. The standard InChI is InChI=1S/C38H55N3O8/c1-7-10-17-30(43)39-28(24-47-6)33(26-15-13-12-14-16-26)48-37(46)31-29-18-19-38(49-29)32(31)35(44)41(27(23-42)22-25(4)5)34(38)36(45)40(20-9-3)21-11-8-2/h7,9,12-16,25,27-29,31-34,42H,1,3,8,10-11,17-24H2,2,4-6H3,(H,39,43)/t27-,28+,29+,31-,32-,33+,34+,38-/m1/s1. The number of methoxy groups -OCH3 is 1. The molecule has 3 aliphatic rings. The number of hydrogen-bond acceptors (Lipinski definition) is 8. The second-order valence-electron chi connectivity index (χ2n) is 13.9. The summed E-state index contributed by atoms with van der Waals surface area (Å²) < 4.78 is 18.4. The van der Waals surface area contributed by atoms with Crippen molar-refractivity contribution in [1.29, 1.82) is 0 Å². The van der Waals surface area contributed by atoms with Crippen LogP contribution in [-0.2, 0) is 33.4 Å². The molecule has 270 valence electrons. The summed E-state index contributed by atoms with van der Waals surface area (Å²) in [6, 6.07) is 6.76. The Morgan fingerprint density at radius 2 is 1.94 bits per heavy atom. The number of ether oxygens (including phenoxy) is 3. The third-order valence-electron chi connectivity index (χ3n) is 10.0. The summed E-state index contributed by atoms with van der Waals surface area (Å²) in [6.45, 7) is 14.1. The maximum Gasteiger partial charge on any atom is 0.313 e. The number of benzene rings is 1. The molecule has 0 aromatic heterocycles. The first kappa shape index (κ1) is 38.3. The Morgan fingerprint density at radius 3 is 2.55 bits per heavy atom. The van der Waals surface area contributed by atoms with Crippen LogP contribution >= 0.6 is 0 Å². The first-order valence-electron chi connectivity index (χ1n) is 17.7. The second-order valence-corrected chi connectivity index (χ2v) is 13.9. The van der Waals surface area contributed by atoms with E-state index in [2.05, 4.69) is 18.5 Å². The average molecular weight is 682 g/mol. The summed E-state index contributed by atoms with van der Waals surface area (Å²) in [4.78, 5) is 59.8. The number of aliphatic hydroxyl groups excluding tert-OH is 1. The quantitative estimate of drug-likeness (QED) is 0.156. The normalized spacial score (nSPS) is 25.8. The number of aliphatic hydroxyl groups is 1. The Bertz CT molecular complexity index is 1320. The van der Waals surface area contributed by atoms with Crippen molar-refractivity contribution in [2.24, 2.45) is 17.8 Å². The predicted octanol–water partition coefficient (Wildman–Crippen LogP) is 3.96. The van der Waals surface area contributed by atoms with Gasteiger partial charge in [-0.15, -0.1) is 13.2 Å². The van der Waals surface area contributed by atoms with Crippen LogP contribution in [0.15, 0.2) is 55.6 Å². The molecular formula is C38H55N3O8. The van der Waals surface area contributed by atoms with Gasteiger partial charge in [0.1, 0.15) is 17.7 Å². The molecule has 1 aromatic rings. The highest BCUT2D eigenvalue weighted by atomic mass is 16.6. The van der Waals surface area contributed by atoms with Crippen molar-refractivity contribution in [3.63, 3.8) is 0 Å². The molecule has 11 nitrogen and oxygen atoms in total. The van der Waals surface area contributed by atoms with Crippen LogP contribution in [0.25, 0.3) is 0 Å². The zero-order chi connectivity index (χ0) is 35.7. The zero-order valence-electron chi connectivity index (χ0n) is 29.6. The van der Waals surface area contributed by atoms with Crippen LogP contribution in [-0.4, -0.2) is 102 Å². The topological polar surface area (TPSA) is 135 Å². The molecule has 2 bridgehead atoms. The van der Waals surface area contributed by atoms with Crippen molar-refractivity contribution in [2.45, 2.75) is 102 Å². The van der Waals surface area contributed by atoms with Crippen LogP contribution in [0, 0.1) is 17.8 Å². The Hall–Kier alpha value is -3.54. The van der Waals surface area contributed by atoms with Crippen molar-refractivity contribution in [3.05, 3.63) is 61.2 Å². The van der Waals surface area contributed by atoms with Crippen molar-refractivity contribution in [3.8, 4) is 0 Å². The zero-order valence-corrected chi connectivity index (χ0v) is 29.6.